The standard InChI is InChI=1S/C21H12OS4/c1-2-5-10-8-13-14(9-15(10)22)21(26)17-16(20(13)25)18(23)11-6-3-4-7-12(11)19(17)24/h2-4,6-9,22H,1,5H2. The zero-order valence-electron chi connectivity index (χ0n) is 13.5. The Labute approximate surface area is 170 Å². The molecule has 0 radical (unpaired) electrons. The van der Waals surface area contributed by atoms with Crippen molar-refractivity contribution in [1.82, 2.24) is 0 Å². The molecular formula is C21H12OS4. The van der Waals surface area contributed by atoms with Crippen molar-refractivity contribution < 1.29 is 5.11 Å². The Morgan fingerprint density at radius 3 is 1.73 bits per heavy atom. The lowest BCUT2D eigenvalue weighted by Gasteiger charge is -2.08. The fourth-order valence-electron chi connectivity index (χ4n) is 3.41. The van der Waals surface area contributed by atoms with Crippen LogP contribution < -0.4 is 0 Å². The van der Waals surface area contributed by atoms with Crippen molar-refractivity contribution in [2.75, 3.05) is 0 Å². The van der Waals surface area contributed by atoms with Gasteiger partial charge in [0.2, 0.25) is 0 Å². The van der Waals surface area contributed by atoms with Gasteiger partial charge in [0.15, 0.2) is 0 Å². The molecule has 0 unspecified atom stereocenters. The molecule has 0 aliphatic heterocycles. The molecule has 0 fully saturated rings. The lowest BCUT2D eigenvalue weighted by atomic mass is 9.99. The minimum Gasteiger partial charge on any atom is -0.508 e. The van der Waals surface area contributed by atoms with Gasteiger partial charge < -0.3 is 5.11 Å². The van der Waals surface area contributed by atoms with Gasteiger partial charge in [-0.05, 0) is 24.1 Å². The maximum absolute atomic E-state index is 10.3. The molecule has 0 atom stereocenters. The van der Waals surface area contributed by atoms with Crippen LogP contribution in [0.3, 0.4) is 0 Å². The van der Waals surface area contributed by atoms with E-state index in [1.807, 2.05) is 30.3 Å². The van der Waals surface area contributed by atoms with E-state index >= 15 is 0 Å². The van der Waals surface area contributed by atoms with Crippen LogP contribution in [0.4, 0.5) is 0 Å². The van der Waals surface area contributed by atoms with E-state index in [9.17, 15) is 5.11 Å². The summed E-state index contributed by atoms with van der Waals surface area (Å²) in [6.45, 7) is 3.74. The Bertz CT molecular complexity index is 1510. The molecular weight excluding hydrogens is 396 g/mol. The molecule has 26 heavy (non-hydrogen) atoms. The van der Waals surface area contributed by atoms with Gasteiger partial charge in [0, 0.05) is 32.0 Å². The minimum atomic E-state index is 0.183. The van der Waals surface area contributed by atoms with Crippen molar-refractivity contribution in [2.45, 2.75) is 6.42 Å². The number of benzene rings is 2. The Kier molecular flexibility index (Phi) is 4.28. The molecule has 2 aliphatic rings. The third-order valence-electron chi connectivity index (χ3n) is 4.65. The molecule has 4 rings (SSSR count). The second-order valence-electron chi connectivity index (χ2n) is 6.13. The van der Waals surface area contributed by atoms with Crippen LogP contribution in [0, 0.1) is 28.5 Å². The van der Waals surface area contributed by atoms with Crippen LogP contribution in [-0.2, 0) is 6.42 Å². The molecule has 0 spiro atoms. The first-order valence-electron chi connectivity index (χ1n) is 7.94. The fraction of sp³-hybridized carbons (Fsp3) is 0.0476. The molecule has 126 valence electrons. The van der Waals surface area contributed by atoms with Gasteiger partial charge in [0.1, 0.15) is 5.75 Å². The summed E-state index contributed by atoms with van der Waals surface area (Å²) in [4.78, 5) is 0. The van der Waals surface area contributed by atoms with Gasteiger partial charge in [-0.2, -0.15) is 0 Å². The first-order valence-corrected chi connectivity index (χ1v) is 9.58. The molecule has 0 heterocycles. The molecule has 5 heteroatoms. The van der Waals surface area contributed by atoms with E-state index in [1.54, 1.807) is 12.1 Å². The quantitative estimate of drug-likeness (QED) is 0.285. The molecule has 2 aromatic rings. The van der Waals surface area contributed by atoms with E-state index < -0.39 is 0 Å². The predicted octanol–water partition coefficient (Wildman–Crippen LogP) is 6.95. The summed E-state index contributed by atoms with van der Waals surface area (Å²) >= 11 is 23.0. The summed E-state index contributed by atoms with van der Waals surface area (Å²) < 4.78 is 2.57. The molecule has 0 saturated carbocycles. The number of hydrogen-bond donors (Lipinski definition) is 1. The number of hydrogen-bond acceptors (Lipinski definition) is 5. The molecule has 1 nitrogen and oxygen atoms in total. The van der Waals surface area contributed by atoms with E-state index in [0.29, 0.717) is 24.5 Å². The van der Waals surface area contributed by atoms with Gasteiger partial charge in [0.25, 0.3) is 0 Å². The van der Waals surface area contributed by atoms with Crippen LogP contribution in [0.5, 0.6) is 5.75 Å². The zero-order valence-corrected chi connectivity index (χ0v) is 16.8. The van der Waals surface area contributed by atoms with Gasteiger partial charge in [-0.1, -0.05) is 79.2 Å². The van der Waals surface area contributed by atoms with E-state index in [-0.39, 0.29) is 5.75 Å². The van der Waals surface area contributed by atoms with E-state index in [4.69, 9.17) is 48.9 Å². The fourth-order valence-corrected chi connectivity index (χ4v) is 5.05. The molecule has 0 amide bonds. The third kappa shape index (κ3) is 2.39. The number of fused-ring (bicyclic) bond motifs is 2. The molecule has 2 aliphatic carbocycles. The molecule has 1 N–H and O–H groups in total. The summed E-state index contributed by atoms with van der Waals surface area (Å²) in [5.41, 5.74) is 0.762. The molecule has 0 bridgehead atoms. The highest BCUT2D eigenvalue weighted by molar-refractivity contribution is 7.73. The van der Waals surface area contributed by atoms with Crippen molar-refractivity contribution in [3.05, 3.63) is 83.1 Å². The minimum absolute atomic E-state index is 0.183. The number of aromatic hydroxyl groups is 1. The van der Waals surface area contributed by atoms with Crippen molar-refractivity contribution in [3.63, 3.8) is 0 Å². The van der Waals surface area contributed by atoms with Crippen LogP contribution in [0.1, 0.15) is 5.56 Å². The van der Waals surface area contributed by atoms with Gasteiger partial charge in [-0.25, -0.2) is 0 Å². The average Bonchev–Trinajstić information content (AvgIpc) is 2.64. The number of phenolic OH excluding ortho intramolecular Hbond substituents is 1. The van der Waals surface area contributed by atoms with Crippen molar-refractivity contribution in [1.29, 1.82) is 0 Å². The van der Waals surface area contributed by atoms with Crippen LogP contribution in [-0.4, -0.2) is 5.11 Å². The number of allylic oxidation sites excluding steroid dienone is 1. The SMILES string of the molecule is C=CCc1cc2c(=S)c3c(=S)c4ccccc4c(=S)c=3c(=S)c2cc1O. The highest BCUT2D eigenvalue weighted by Crippen LogP contribution is 2.31. The first-order chi connectivity index (χ1) is 12.5. The number of rotatable bonds is 2. The lowest BCUT2D eigenvalue weighted by Crippen LogP contribution is -1.91. The molecule has 2 aromatic carbocycles. The van der Waals surface area contributed by atoms with Crippen molar-refractivity contribution in [2.24, 2.45) is 0 Å². The topological polar surface area (TPSA) is 20.2 Å². The summed E-state index contributed by atoms with van der Waals surface area (Å²) in [6.07, 6.45) is 2.29. The molecule has 0 aromatic heterocycles. The van der Waals surface area contributed by atoms with Crippen molar-refractivity contribution >= 4 is 70.4 Å². The maximum Gasteiger partial charge on any atom is 0.119 e. The Morgan fingerprint density at radius 1 is 0.769 bits per heavy atom. The predicted molar refractivity (Wildman–Crippen MR) is 118 cm³/mol. The zero-order chi connectivity index (χ0) is 18.6. The third-order valence-corrected chi connectivity index (χ3v) is 6.34. The summed E-state index contributed by atoms with van der Waals surface area (Å²) in [7, 11) is 0. The van der Waals surface area contributed by atoms with Crippen LogP contribution >= 0.6 is 48.9 Å². The highest BCUT2D eigenvalue weighted by Gasteiger charge is 2.12. The van der Waals surface area contributed by atoms with Gasteiger partial charge >= 0.3 is 0 Å². The van der Waals surface area contributed by atoms with Crippen LogP contribution in [0.25, 0.3) is 21.5 Å². The summed E-state index contributed by atoms with van der Waals surface area (Å²) in [5.74, 6) is 0.183. The van der Waals surface area contributed by atoms with Crippen LogP contribution in [0.15, 0.2) is 49.1 Å². The van der Waals surface area contributed by atoms with Crippen LogP contribution in [0.2, 0.25) is 0 Å². The van der Waals surface area contributed by atoms with Gasteiger partial charge in [-0.15, -0.1) is 6.58 Å². The smallest absolute Gasteiger partial charge is 0.119 e. The second kappa shape index (κ2) is 6.35. The maximum atomic E-state index is 10.3. The molecule has 0 saturated heterocycles. The summed E-state index contributed by atoms with van der Waals surface area (Å²) in [5, 5.41) is 15.2. The average molecular weight is 409 g/mol. The van der Waals surface area contributed by atoms with Gasteiger partial charge in [-0.3, -0.25) is 0 Å². The number of phenols is 1. The van der Waals surface area contributed by atoms with E-state index in [0.717, 1.165) is 37.5 Å². The lowest BCUT2D eigenvalue weighted by molar-refractivity contribution is 0.470. The Morgan fingerprint density at radius 2 is 1.23 bits per heavy atom. The Balaban J connectivity index is 2.44. The Hall–Kier alpha value is -1.92. The van der Waals surface area contributed by atoms with Crippen molar-refractivity contribution in [3.8, 4) is 5.75 Å². The van der Waals surface area contributed by atoms with E-state index in [2.05, 4.69) is 6.58 Å². The first kappa shape index (κ1) is 17.5. The summed E-state index contributed by atoms with van der Waals surface area (Å²) in [6, 6.07) is 11.4. The largest absolute Gasteiger partial charge is 0.508 e. The highest BCUT2D eigenvalue weighted by atomic mass is 32.1. The van der Waals surface area contributed by atoms with E-state index in [1.165, 1.54) is 0 Å². The monoisotopic (exact) mass is 408 g/mol. The normalized spacial score (nSPS) is 11.4. The van der Waals surface area contributed by atoms with Gasteiger partial charge in [0.05, 0.1) is 18.0 Å². The second-order valence-corrected chi connectivity index (χ2v) is 7.76.